The Morgan fingerprint density at radius 2 is 2.35 bits per heavy atom. The number of carbonyl (C=O) groups excluding carboxylic acids is 1. The van der Waals surface area contributed by atoms with Crippen LogP contribution in [-0.2, 0) is 4.74 Å². The maximum absolute atomic E-state index is 12.0. The average Bonchev–Trinajstić information content (AvgIpc) is 2.94. The van der Waals surface area contributed by atoms with Gasteiger partial charge in [0.2, 0.25) is 5.88 Å². The number of ether oxygens (including phenoxy) is 2. The summed E-state index contributed by atoms with van der Waals surface area (Å²) < 4.78 is 10.6. The van der Waals surface area contributed by atoms with E-state index in [0.29, 0.717) is 23.5 Å². The second-order valence-corrected chi connectivity index (χ2v) is 5.29. The molecule has 0 saturated carbocycles. The third kappa shape index (κ3) is 3.03. The number of aliphatic hydroxyl groups excluding tert-OH is 1. The molecule has 8 nitrogen and oxygen atoms in total. The number of β-amino-alcohol motifs (C(OH)–C–C–N with tert-alkyl or cyclic N) is 1. The fraction of sp³-hybridized carbons (Fsp3) is 0.400. The lowest BCUT2D eigenvalue weighted by Crippen LogP contribution is -2.37. The molecule has 122 valence electrons. The summed E-state index contributed by atoms with van der Waals surface area (Å²) >= 11 is 0. The number of nitrogens with zero attached hydrogens (tertiary/aromatic N) is 3. The monoisotopic (exact) mass is 318 g/mol. The van der Waals surface area contributed by atoms with Crippen molar-refractivity contribution in [2.24, 2.45) is 5.73 Å². The summed E-state index contributed by atoms with van der Waals surface area (Å²) in [6.07, 6.45) is -0.0709. The molecule has 0 spiro atoms. The number of hydrogen-bond donors (Lipinski definition) is 2. The Labute approximate surface area is 132 Å². The van der Waals surface area contributed by atoms with Crippen LogP contribution in [-0.4, -0.2) is 58.9 Å². The van der Waals surface area contributed by atoms with E-state index in [4.69, 9.17) is 15.2 Å². The van der Waals surface area contributed by atoms with Gasteiger partial charge >= 0.3 is 6.09 Å². The molecule has 3 heterocycles. The summed E-state index contributed by atoms with van der Waals surface area (Å²) in [5.41, 5.74) is 7.47. The zero-order valence-electron chi connectivity index (χ0n) is 12.7. The highest BCUT2D eigenvalue weighted by Crippen LogP contribution is 2.30. The number of pyridine rings is 2. The minimum absolute atomic E-state index is 0.0887. The molecule has 3 N–H and O–H groups in total. The van der Waals surface area contributed by atoms with Crippen LogP contribution >= 0.6 is 0 Å². The highest BCUT2D eigenvalue weighted by Gasteiger charge is 2.34. The molecule has 1 aliphatic rings. The largest absolute Gasteiger partial charge is 0.481 e. The first-order valence-corrected chi connectivity index (χ1v) is 7.25. The van der Waals surface area contributed by atoms with Crippen LogP contribution < -0.4 is 10.5 Å². The van der Waals surface area contributed by atoms with Gasteiger partial charge in [-0.1, -0.05) is 0 Å². The van der Waals surface area contributed by atoms with E-state index in [1.165, 1.54) is 12.0 Å². The molecule has 1 aliphatic heterocycles. The molecule has 0 aliphatic carbocycles. The number of methoxy groups -OCH3 is 1. The van der Waals surface area contributed by atoms with E-state index in [1.54, 1.807) is 24.4 Å². The van der Waals surface area contributed by atoms with E-state index in [9.17, 15) is 9.90 Å². The average molecular weight is 318 g/mol. The maximum atomic E-state index is 12.0. The number of cyclic esters (lactones) is 1. The van der Waals surface area contributed by atoms with Crippen molar-refractivity contribution in [3.05, 3.63) is 30.0 Å². The van der Waals surface area contributed by atoms with Crippen molar-refractivity contribution in [1.82, 2.24) is 14.9 Å². The van der Waals surface area contributed by atoms with Crippen molar-refractivity contribution < 1.29 is 19.4 Å². The van der Waals surface area contributed by atoms with Gasteiger partial charge in [-0.2, -0.15) is 0 Å². The second kappa shape index (κ2) is 6.35. The summed E-state index contributed by atoms with van der Waals surface area (Å²) in [5, 5.41) is 9.62. The standard InChI is InChI=1S/C15H18N4O4/c1-22-13-3-2-11-14(18-13)10(4-5-17-11)12-8-19(15(21)23-12)7-9(20)6-16/h2-5,9,12,20H,6-8,16H2,1H3/t9-,12-/m0/s1. The van der Waals surface area contributed by atoms with Gasteiger partial charge in [-0.25, -0.2) is 9.78 Å². The Morgan fingerprint density at radius 3 is 3.09 bits per heavy atom. The van der Waals surface area contributed by atoms with Gasteiger partial charge in [-0.15, -0.1) is 0 Å². The van der Waals surface area contributed by atoms with Crippen molar-refractivity contribution >= 4 is 17.1 Å². The smallest absolute Gasteiger partial charge is 0.410 e. The Balaban J connectivity index is 1.90. The van der Waals surface area contributed by atoms with Crippen LogP contribution in [0.2, 0.25) is 0 Å². The molecule has 1 saturated heterocycles. The molecule has 1 amide bonds. The van der Waals surface area contributed by atoms with E-state index < -0.39 is 18.3 Å². The van der Waals surface area contributed by atoms with Gasteiger partial charge in [0, 0.05) is 24.4 Å². The lowest BCUT2D eigenvalue weighted by molar-refractivity contribution is 0.116. The van der Waals surface area contributed by atoms with Gasteiger partial charge in [0.1, 0.15) is 6.10 Å². The van der Waals surface area contributed by atoms with Crippen LogP contribution in [0.15, 0.2) is 24.4 Å². The fourth-order valence-corrected chi connectivity index (χ4v) is 2.55. The topological polar surface area (TPSA) is 111 Å². The van der Waals surface area contributed by atoms with Crippen LogP contribution in [0.3, 0.4) is 0 Å². The first kappa shape index (κ1) is 15.4. The van der Waals surface area contributed by atoms with Gasteiger partial charge < -0.3 is 25.2 Å². The Kier molecular flexibility index (Phi) is 4.26. The van der Waals surface area contributed by atoms with E-state index in [2.05, 4.69) is 9.97 Å². The quantitative estimate of drug-likeness (QED) is 0.823. The van der Waals surface area contributed by atoms with E-state index >= 15 is 0 Å². The molecule has 23 heavy (non-hydrogen) atoms. The summed E-state index contributed by atoms with van der Waals surface area (Å²) in [4.78, 5) is 22.1. The summed E-state index contributed by atoms with van der Waals surface area (Å²) in [6.45, 7) is 0.560. The van der Waals surface area contributed by atoms with Crippen molar-refractivity contribution in [2.45, 2.75) is 12.2 Å². The third-order valence-electron chi connectivity index (χ3n) is 3.74. The fourth-order valence-electron chi connectivity index (χ4n) is 2.55. The predicted molar refractivity (Wildman–Crippen MR) is 81.9 cm³/mol. The van der Waals surface area contributed by atoms with Gasteiger partial charge in [0.05, 0.1) is 37.3 Å². The maximum Gasteiger partial charge on any atom is 0.410 e. The first-order valence-electron chi connectivity index (χ1n) is 7.25. The minimum Gasteiger partial charge on any atom is -0.481 e. The molecular formula is C15H18N4O4. The molecule has 2 atom stereocenters. The molecule has 2 aromatic rings. The minimum atomic E-state index is -0.770. The molecule has 0 unspecified atom stereocenters. The SMILES string of the molecule is COc1ccc2nccc([C@@H]3CN(C[C@@H](O)CN)C(=O)O3)c2n1. The van der Waals surface area contributed by atoms with Crippen LogP contribution in [0, 0.1) is 0 Å². The molecule has 1 fully saturated rings. The summed E-state index contributed by atoms with van der Waals surface area (Å²) in [6, 6.07) is 5.30. The normalized spacial score (nSPS) is 19.0. The molecule has 0 radical (unpaired) electrons. The number of amides is 1. The molecule has 8 heteroatoms. The highest BCUT2D eigenvalue weighted by atomic mass is 16.6. The third-order valence-corrected chi connectivity index (χ3v) is 3.74. The van der Waals surface area contributed by atoms with Gasteiger partial charge in [0.25, 0.3) is 0 Å². The van der Waals surface area contributed by atoms with E-state index in [0.717, 1.165) is 5.56 Å². The number of carbonyl (C=O) groups is 1. The van der Waals surface area contributed by atoms with Crippen LogP contribution in [0.1, 0.15) is 11.7 Å². The molecule has 2 aromatic heterocycles. The van der Waals surface area contributed by atoms with Crippen molar-refractivity contribution in [3.63, 3.8) is 0 Å². The number of nitrogens with two attached hydrogens (primary N) is 1. The molecule has 3 rings (SSSR count). The van der Waals surface area contributed by atoms with Crippen LogP contribution in [0.5, 0.6) is 5.88 Å². The Bertz CT molecular complexity index is 724. The summed E-state index contributed by atoms with van der Waals surface area (Å²) in [5.74, 6) is 0.464. The lowest BCUT2D eigenvalue weighted by atomic mass is 10.1. The zero-order valence-corrected chi connectivity index (χ0v) is 12.7. The van der Waals surface area contributed by atoms with Crippen LogP contribution in [0.4, 0.5) is 4.79 Å². The van der Waals surface area contributed by atoms with Gasteiger partial charge in [-0.3, -0.25) is 4.98 Å². The first-order chi connectivity index (χ1) is 11.1. The van der Waals surface area contributed by atoms with Crippen molar-refractivity contribution in [2.75, 3.05) is 26.7 Å². The van der Waals surface area contributed by atoms with Gasteiger partial charge in [0.15, 0.2) is 0 Å². The Hall–Kier alpha value is -2.45. The number of fused-ring (bicyclic) bond motifs is 1. The lowest BCUT2D eigenvalue weighted by Gasteiger charge is -2.16. The predicted octanol–water partition coefficient (Wildman–Crippen LogP) is 0.451. The molecular weight excluding hydrogens is 300 g/mol. The summed E-state index contributed by atoms with van der Waals surface area (Å²) in [7, 11) is 1.54. The molecule has 0 aromatic carbocycles. The van der Waals surface area contributed by atoms with Crippen molar-refractivity contribution in [1.29, 1.82) is 0 Å². The van der Waals surface area contributed by atoms with Crippen molar-refractivity contribution in [3.8, 4) is 5.88 Å². The number of rotatable bonds is 5. The second-order valence-electron chi connectivity index (χ2n) is 5.29. The van der Waals surface area contributed by atoms with E-state index in [-0.39, 0.29) is 13.1 Å². The Morgan fingerprint density at radius 1 is 1.52 bits per heavy atom. The zero-order chi connectivity index (χ0) is 16.4. The van der Waals surface area contributed by atoms with Crippen LogP contribution in [0.25, 0.3) is 11.0 Å². The van der Waals surface area contributed by atoms with E-state index in [1.807, 2.05) is 0 Å². The number of aromatic nitrogens is 2. The number of aliphatic hydroxyl groups is 1. The van der Waals surface area contributed by atoms with Gasteiger partial charge in [-0.05, 0) is 12.1 Å². The highest BCUT2D eigenvalue weighted by molar-refractivity contribution is 5.80. The molecule has 0 bridgehead atoms. The number of hydrogen-bond acceptors (Lipinski definition) is 7.